The molecular formula is C26H29F3N6O3. The van der Waals surface area contributed by atoms with Gasteiger partial charge in [0.2, 0.25) is 0 Å². The number of piperidine rings is 1. The highest BCUT2D eigenvalue weighted by molar-refractivity contribution is 6.10. The lowest BCUT2D eigenvalue weighted by Crippen LogP contribution is -2.59. The van der Waals surface area contributed by atoms with Crippen LogP contribution < -0.4 is 21.7 Å². The van der Waals surface area contributed by atoms with Gasteiger partial charge in [-0.15, -0.1) is 0 Å². The molecule has 0 saturated carbocycles. The number of dihydropyridines is 1. The number of nitrogens with one attached hydrogen (secondary N) is 3. The molecule has 1 aromatic rings. The van der Waals surface area contributed by atoms with E-state index in [4.69, 9.17) is 5.73 Å². The molecule has 0 aromatic heterocycles. The molecule has 2 atom stereocenters. The highest BCUT2D eigenvalue weighted by atomic mass is 19.4. The zero-order valence-corrected chi connectivity index (χ0v) is 20.4. The van der Waals surface area contributed by atoms with Gasteiger partial charge in [-0.2, -0.15) is 13.2 Å². The maximum atomic E-state index is 13.5. The van der Waals surface area contributed by atoms with E-state index in [1.807, 2.05) is 30.3 Å². The number of rotatable bonds is 6. The van der Waals surface area contributed by atoms with Gasteiger partial charge in [0, 0.05) is 42.0 Å². The maximum Gasteiger partial charge on any atom is 0.413 e. The van der Waals surface area contributed by atoms with Gasteiger partial charge in [0.15, 0.2) is 6.17 Å². The third-order valence-electron chi connectivity index (χ3n) is 6.54. The van der Waals surface area contributed by atoms with E-state index in [1.54, 1.807) is 17.1 Å². The molecule has 1 fully saturated rings. The second-order valence-corrected chi connectivity index (χ2v) is 9.12. The minimum Gasteiger partial charge on any atom is -0.481 e. The van der Waals surface area contributed by atoms with Gasteiger partial charge in [-0.05, 0) is 43.3 Å². The van der Waals surface area contributed by atoms with Crippen molar-refractivity contribution in [3.05, 3.63) is 77.7 Å². The van der Waals surface area contributed by atoms with Crippen LogP contribution in [-0.4, -0.2) is 59.3 Å². The molecule has 3 aliphatic rings. The summed E-state index contributed by atoms with van der Waals surface area (Å²) in [6, 6.07) is 9.19. The molecule has 3 heterocycles. The van der Waals surface area contributed by atoms with E-state index in [9.17, 15) is 27.9 Å². The van der Waals surface area contributed by atoms with E-state index in [-0.39, 0.29) is 19.0 Å². The lowest BCUT2D eigenvalue weighted by molar-refractivity contribution is -0.146. The van der Waals surface area contributed by atoms with Gasteiger partial charge in [0.25, 0.3) is 5.91 Å². The molecule has 0 spiro atoms. The Labute approximate surface area is 217 Å². The van der Waals surface area contributed by atoms with Crippen LogP contribution in [0.1, 0.15) is 19.3 Å². The van der Waals surface area contributed by atoms with E-state index in [0.717, 1.165) is 24.0 Å². The maximum absolute atomic E-state index is 13.5. The molecule has 12 heteroatoms. The van der Waals surface area contributed by atoms with Gasteiger partial charge < -0.3 is 26.4 Å². The minimum absolute atomic E-state index is 0.283. The summed E-state index contributed by atoms with van der Waals surface area (Å²) in [4.78, 5) is 30.8. The van der Waals surface area contributed by atoms with Crippen LogP contribution >= 0.6 is 0 Å². The Kier molecular flexibility index (Phi) is 8.20. The average molecular weight is 531 g/mol. The first-order valence-electron chi connectivity index (χ1n) is 12.2. The fraction of sp³-hybridized carbons (Fsp3) is 0.346. The van der Waals surface area contributed by atoms with Crippen LogP contribution in [-0.2, 0) is 9.59 Å². The first-order valence-corrected chi connectivity index (χ1v) is 12.2. The minimum atomic E-state index is -4.55. The van der Waals surface area contributed by atoms with Crippen molar-refractivity contribution in [2.24, 2.45) is 16.6 Å². The Balaban J connectivity index is 1.58. The molecule has 2 unspecified atom stereocenters. The van der Waals surface area contributed by atoms with Crippen molar-refractivity contribution in [1.82, 2.24) is 15.5 Å². The van der Waals surface area contributed by atoms with Gasteiger partial charge in [-0.1, -0.05) is 30.4 Å². The number of halogens is 3. The number of anilines is 1. The molecule has 6 N–H and O–H groups in total. The largest absolute Gasteiger partial charge is 0.481 e. The molecule has 202 valence electrons. The van der Waals surface area contributed by atoms with Crippen molar-refractivity contribution in [3.63, 3.8) is 0 Å². The van der Waals surface area contributed by atoms with Crippen molar-refractivity contribution < 1.29 is 27.9 Å². The quantitative estimate of drug-likeness (QED) is 0.358. The highest BCUT2D eigenvalue weighted by Gasteiger charge is 2.38. The van der Waals surface area contributed by atoms with Gasteiger partial charge in [0.05, 0.1) is 5.92 Å². The predicted molar refractivity (Wildman–Crippen MR) is 137 cm³/mol. The Morgan fingerprint density at radius 2 is 1.89 bits per heavy atom. The lowest BCUT2D eigenvalue weighted by Gasteiger charge is -2.38. The van der Waals surface area contributed by atoms with E-state index < -0.39 is 42.4 Å². The fourth-order valence-corrected chi connectivity index (χ4v) is 4.49. The zero-order valence-electron chi connectivity index (χ0n) is 20.4. The fourth-order valence-electron chi connectivity index (χ4n) is 4.49. The third kappa shape index (κ3) is 6.43. The summed E-state index contributed by atoms with van der Waals surface area (Å²) in [5.74, 6) is -1.30. The van der Waals surface area contributed by atoms with Gasteiger partial charge in [-0.3, -0.25) is 14.9 Å². The third-order valence-corrected chi connectivity index (χ3v) is 6.54. The number of likely N-dealkylation sites (tertiary alicyclic amines) is 1. The topological polar surface area (TPSA) is 132 Å². The number of benzene rings is 1. The SMILES string of the molecule is N/C=C\C=C(/CC1=CC=C2C(Nc3ccccc3)=NC(C(=O)N3CCC(C(=O)O)CC3)NC2N1)C(F)(F)F. The highest BCUT2D eigenvalue weighted by Crippen LogP contribution is 2.32. The van der Waals surface area contributed by atoms with E-state index in [2.05, 4.69) is 20.9 Å². The number of nitrogens with zero attached hydrogens (tertiary/aromatic N) is 2. The summed E-state index contributed by atoms with van der Waals surface area (Å²) < 4.78 is 40.6. The van der Waals surface area contributed by atoms with Crippen LogP contribution in [0.2, 0.25) is 0 Å². The second kappa shape index (κ2) is 11.5. The van der Waals surface area contributed by atoms with Crippen molar-refractivity contribution in [1.29, 1.82) is 0 Å². The number of carbonyl (C=O) groups excluding carboxylic acids is 1. The molecule has 1 amide bonds. The Morgan fingerprint density at radius 3 is 2.53 bits per heavy atom. The summed E-state index contributed by atoms with van der Waals surface area (Å²) in [7, 11) is 0. The number of aliphatic carboxylic acids is 1. The summed E-state index contributed by atoms with van der Waals surface area (Å²) in [5.41, 5.74) is 6.10. The van der Waals surface area contributed by atoms with Crippen molar-refractivity contribution >= 4 is 23.4 Å². The number of fused-ring (bicyclic) bond motifs is 1. The number of carboxylic acid groups (broad SMARTS) is 1. The summed E-state index contributed by atoms with van der Waals surface area (Å²) in [6.45, 7) is 0.566. The summed E-state index contributed by atoms with van der Waals surface area (Å²) in [5, 5.41) is 18.6. The Bertz CT molecular complexity index is 1200. The molecule has 1 saturated heterocycles. The zero-order chi connectivity index (χ0) is 27.3. The van der Waals surface area contributed by atoms with E-state index in [0.29, 0.717) is 29.9 Å². The van der Waals surface area contributed by atoms with Gasteiger partial charge in [0.1, 0.15) is 12.0 Å². The van der Waals surface area contributed by atoms with Crippen LogP contribution in [0, 0.1) is 5.92 Å². The van der Waals surface area contributed by atoms with Crippen LogP contribution in [0.25, 0.3) is 0 Å². The number of hydrogen-bond donors (Lipinski definition) is 5. The number of carboxylic acids is 1. The molecule has 9 nitrogen and oxygen atoms in total. The molecule has 0 aliphatic carbocycles. The van der Waals surface area contributed by atoms with Crippen molar-refractivity contribution in [2.75, 3.05) is 18.4 Å². The summed E-state index contributed by atoms with van der Waals surface area (Å²) in [6.07, 6.45) is 0.317. The second-order valence-electron chi connectivity index (χ2n) is 9.12. The predicted octanol–water partition coefficient (Wildman–Crippen LogP) is 2.84. The van der Waals surface area contributed by atoms with Crippen LogP contribution in [0.15, 0.2) is 82.7 Å². The van der Waals surface area contributed by atoms with Crippen molar-refractivity contribution in [2.45, 2.75) is 37.8 Å². The first kappa shape index (κ1) is 27.0. The monoisotopic (exact) mass is 530 g/mol. The molecular weight excluding hydrogens is 501 g/mol. The number of para-hydroxylation sites is 1. The number of nitrogens with two attached hydrogens (primary N) is 1. The Morgan fingerprint density at radius 1 is 1.18 bits per heavy atom. The summed E-state index contributed by atoms with van der Waals surface area (Å²) >= 11 is 0. The number of alkyl halides is 3. The normalized spacial score (nSPS) is 22.7. The molecule has 1 aromatic carbocycles. The number of allylic oxidation sites excluding steroid dienone is 5. The van der Waals surface area contributed by atoms with Crippen LogP contribution in [0.4, 0.5) is 18.9 Å². The number of amides is 1. The van der Waals surface area contributed by atoms with Crippen molar-refractivity contribution in [3.8, 4) is 0 Å². The number of carbonyl (C=O) groups is 2. The molecule has 3 aliphatic heterocycles. The molecule has 0 radical (unpaired) electrons. The molecule has 4 rings (SSSR count). The first-order chi connectivity index (χ1) is 18.2. The van der Waals surface area contributed by atoms with Crippen LogP contribution in [0.5, 0.6) is 0 Å². The average Bonchev–Trinajstić information content (AvgIpc) is 2.90. The molecule has 0 bridgehead atoms. The van der Waals surface area contributed by atoms with Crippen LogP contribution in [0.3, 0.4) is 0 Å². The Hall–Kier alpha value is -4.06. The van der Waals surface area contributed by atoms with Gasteiger partial charge in [-0.25, -0.2) is 4.99 Å². The lowest BCUT2D eigenvalue weighted by atomic mass is 9.96. The molecule has 38 heavy (non-hydrogen) atoms. The van der Waals surface area contributed by atoms with Gasteiger partial charge >= 0.3 is 12.1 Å². The number of amidine groups is 1. The van der Waals surface area contributed by atoms with E-state index >= 15 is 0 Å². The smallest absolute Gasteiger partial charge is 0.413 e. The van der Waals surface area contributed by atoms with E-state index in [1.165, 1.54) is 0 Å². The number of hydrogen-bond acceptors (Lipinski definition) is 7. The standard InChI is InChI=1S/C26H29F3N6O3/c27-26(28,29)17(5-4-12-30)15-19-8-9-20-21(31-18-6-2-1-3-7-18)33-23(34-22(20)32-19)24(36)35-13-10-16(11-14-35)25(37)38/h1-9,12,16,22-23,32,34H,10-11,13-15,30H2,(H,31,33)(H,37,38)/b12-4-,17-5+. The number of aliphatic imine (C=N–C) groups is 1.